The predicted octanol–water partition coefficient (Wildman–Crippen LogP) is 2.32. The van der Waals surface area contributed by atoms with Gasteiger partial charge in [0, 0.05) is 6.72 Å². The Balaban J connectivity index is 0.000000561. The topological polar surface area (TPSA) is 30.2 Å². The molecule has 0 bridgehead atoms. The fraction of sp³-hybridized carbons (Fsp3) is 0.333. The van der Waals surface area contributed by atoms with E-state index in [1.807, 2.05) is 20.8 Å². The predicted molar refractivity (Wildman–Crippen MR) is 53.4 cm³/mol. The van der Waals surface area contributed by atoms with Gasteiger partial charge < -0.3 is 0 Å². The zero-order chi connectivity index (χ0) is 9.56. The smallest absolute Gasteiger partial charge is 0.153 e. The van der Waals surface area contributed by atoms with Crippen molar-refractivity contribution in [3.05, 3.63) is 24.3 Å². The number of nitrogens with zero attached hydrogens (tertiary/aromatic N) is 3. The molecule has 0 amide bonds. The highest BCUT2D eigenvalue weighted by atomic mass is 15.4. The molecule has 0 unspecified atom stereocenters. The lowest BCUT2D eigenvalue weighted by Gasteiger charge is -1.95. The molecule has 0 radical (unpaired) electrons. The largest absolute Gasteiger partial charge is 0.235 e. The van der Waals surface area contributed by atoms with Crippen LogP contribution in [-0.4, -0.2) is 16.4 Å². The molecular formula is C9H15N3. The fourth-order valence-corrected chi connectivity index (χ4v) is 0.773. The zero-order valence-electron chi connectivity index (χ0n) is 7.91. The third kappa shape index (κ3) is 2.05. The van der Waals surface area contributed by atoms with Crippen LogP contribution in [0.15, 0.2) is 17.9 Å². The molecule has 12 heavy (non-hydrogen) atoms. The SMILES string of the molecule is C=Cc1ncc(C)n1N=C.CC. The molecule has 0 aromatic carbocycles. The molecule has 1 aromatic rings. The van der Waals surface area contributed by atoms with Gasteiger partial charge in [-0.1, -0.05) is 20.4 Å². The van der Waals surface area contributed by atoms with E-state index in [1.54, 1.807) is 16.9 Å². The monoisotopic (exact) mass is 165 g/mol. The lowest BCUT2D eigenvalue weighted by molar-refractivity contribution is 0.837. The van der Waals surface area contributed by atoms with Crippen molar-refractivity contribution in [2.24, 2.45) is 5.10 Å². The first-order chi connectivity index (χ1) is 5.79. The summed E-state index contributed by atoms with van der Waals surface area (Å²) >= 11 is 0. The van der Waals surface area contributed by atoms with Gasteiger partial charge in [-0.3, -0.25) is 0 Å². The van der Waals surface area contributed by atoms with Crippen molar-refractivity contribution >= 4 is 12.8 Å². The molecule has 0 saturated carbocycles. The quantitative estimate of drug-likeness (QED) is 0.618. The van der Waals surface area contributed by atoms with Crippen LogP contribution in [-0.2, 0) is 0 Å². The average Bonchev–Trinajstić information content (AvgIpc) is 2.49. The molecule has 0 fully saturated rings. The highest BCUT2D eigenvalue weighted by molar-refractivity contribution is 5.38. The summed E-state index contributed by atoms with van der Waals surface area (Å²) in [5.41, 5.74) is 0.963. The van der Waals surface area contributed by atoms with Gasteiger partial charge in [0.1, 0.15) is 0 Å². The Kier molecular flexibility index (Phi) is 4.69. The van der Waals surface area contributed by atoms with Gasteiger partial charge in [-0.2, -0.15) is 5.10 Å². The summed E-state index contributed by atoms with van der Waals surface area (Å²) in [6, 6.07) is 0. The van der Waals surface area contributed by atoms with E-state index in [0.29, 0.717) is 0 Å². The van der Waals surface area contributed by atoms with Crippen molar-refractivity contribution in [3.63, 3.8) is 0 Å². The lowest BCUT2D eigenvalue weighted by Crippen LogP contribution is -1.92. The molecule has 0 aliphatic heterocycles. The molecule has 0 saturated heterocycles. The maximum atomic E-state index is 4.02. The third-order valence-corrected chi connectivity index (χ3v) is 1.26. The normalized spacial score (nSPS) is 8.25. The van der Waals surface area contributed by atoms with Gasteiger partial charge in [0.05, 0.1) is 11.9 Å². The minimum absolute atomic E-state index is 0.729. The Morgan fingerprint density at radius 1 is 1.58 bits per heavy atom. The Morgan fingerprint density at radius 2 is 2.17 bits per heavy atom. The van der Waals surface area contributed by atoms with Crippen LogP contribution in [0.25, 0.3) is 6.08 Å². The molecule has 1 heterocycles. The first-order valence-electron chi connectivity index (χ1n) is 3.93. The maximum Gasteiger partial charge on any atom is 0.153 e. The van der Waals surface area contributed by atoms with E-state index < -0.39 is 0 Å². The van der Waals surface area contributed by atoms with Gasteiger partial charge in [0.25, 0.3) is 0 Å². The van der Waals surface area contributed by atoms with E-state index >= 15 is 0 Å². The number of hydrogen-bond donors (Lipinski definition) is 0. The van der Waals surface area contributed by atoms with Crippen LogP contribution < -0.4 is 0 Å². The number of hydrogen-bond acceptors (Lipinski definition) is 2. The Morgan fingerprint density at radius 3 is 2.50 bits per heavy atom. The molecule has 0 atom stereocenters. The fourth-order valence-electron chi connectivity index (χ4n) is 0.773. The Labute approximate surface area is 73.4 Å². The second-order valence-corrected chi connectivity index (χ2v) is 1.92. The minimum atomic E-state index is 0.729. The molecular weight excluding hydrogens is 150 g/mol. The molecule has 0 aliphatic carbocycles. The van der Waals surface area contributed by atoms with Crippen molar-refractivity contribution < 1.29 is 0 Å². The van der Waals surface area contributed by atoms with Gasteiger partial charge >= 0.3 is 0 Å². The summed E-state index contributed by atoms with van der Waals surface area (Å²) in [7, 11) is 0. The standard InChI is InChI=1S/C7H9N3.C2H6/c1-4-7-9-5-6(2)10(7)8-3;1-2/h4-5H,1,3H2,2H3;1-2H3. The van der Waals surface area contributed by atoms with Gasteiger partial charge in [-0.05, 0) is 13.0 Å². The minimum Gasteiger partial charge on any atom is -0.235 e. The van der Waals surface area contributed by atoms with Crippen molar-refractivity contribution in [1.82, 2.24) is 9.66 Å². The van der Waals surface area contributed by atoms with E-state index in [4.69, 9.17) is 0 Å². The Bertz CT molecular complexity index is 261. The highest BCUT2D eigenvalue weighted by Gasteiger charge is 1.98. The van der Waals surface area contributed by atoms with Crippen LogP contribution >= 0.6 is 0 Å². The van der Waals surface area contributed by atoms with Crippen molar-refractivity contribution in [2.45, 2.75) is 20.8 Å². The van der Waals surface area contributed by atoms with Crippen molar-refractivity contribution in [3.8, 4) is 0 Å². The van der Waals surface area contributed by atoms with Gasteiger partial charge in [-0.15, -0.1) is 0 Å². The van der Waals surface area contributed by atoms with E-state index in [1.165, 1.54) is 0 Å². The van der Waals surface area contributed by atoms with Gasteiger partial charge in [0.2, 0.25) is 0 Å². The van der Waals surface area contributed by atoms with Crippen LogP contribution in [0.4, 0.5) is 0 Å². The summed E-state index contributed by atoms with van der Waals surface area (Å²) in [6.45, 7) is 12.9. The lowest BCUT2D eigenvalue weighted by atomic mass is 10.5. The molecule has 1 aromatic heterocycles. The summed E-state index contributed by atoms with van der Waals surface area (Å²) in [4.78, 5) is 4.02. The molecule has 66 valence electrons. The highest BCUT2D eigenvalue weighted by Crippen LogP contribution is 2.03. The van der Waals surface area contributed by atoms with Gasteiger partial charge in [-0.25, -0.2) is 9.66 Å². The molecule has 0 aliphatic rings. The Hall–Kier alpha value is -1.38. The number of aromatic nitrogens is 2. The van der Waals surface area contributed by atoms with E-state index in [2.05, 4.69) is 23.4 Å². The third-order valence-electron chi connectivity index (χ3n) is 1.26. The molecule has 3 nitrogen and oxygen atoms in total. The molecule has 3 heteroatoms. The first kappa shape index (κ1) is 10.6. The molecule has 1 rings (SSSR count). The van der Waals surface area contributed by atoms with Crippen LogP contribution in [0.1, 0.15) is 25.4 Å². The van der Waals surface area contributed by atoms with Crippen LogP contribution in [0.5, 0.6) is 0 Å². The molecule has 0 spiro atoms. The van der Waals surface area contributed by atoms with Crippen molar-refractivity contribution in [1.29, 1.82) is 0 Å². The summed E-state index contributed by atoms with van der Waals surface area (Å²) in [5, 5.41) is 3.73. The van der Waals surface area contributed by atoms with Gasteiger partial charge in [0.15, 0.2) is 5.82 Å². The van der Waals surface area contributed by atoms with Crippen LogP contribution in [0.2, 0.25) is 0 Å². The van der Waals surface area contributed by atoms with E-state index in [-0.39, 0.29) is 0 Å². The van der Waals surface area contributed by atoms with E-state index in [9.17, 15) is 0 Å². The number of imidazole rings is 1. The summed E-state index contributed by atoms with van der Waals surface area (Å²) in [5.74, 6) is 0.729. The van der Waals surface area contributed by atoms with Crippen LogP contribution in [0.3, 0.4) is 0 Å². The second-order valence-electron chi connectivity index (χ2n) is 1.92. The second kappa shape index (κ2) is 5.29. The zero-order valence-corrected chi connectivity index (χ0v) is 7.91. The van der Waals surface area contributed by atoms with Crippen molar-refractivity contribution in [2.75, 3.05) is 0 Å². The maximum absolute atomic E-state index is 4.02. The number of rotatable bonds is 2. The molecule has 0 N–H and O–H groups in total. The van der Waals surface area contributed by atoms with Crippen LogP contribution in [0, 0.1) is 6.92 Å². The first-order valence-corrected chi connectivity index (χ1v) is 3.93. The van der Waals surface area contributed by atoms with E-state index in [0.717, 1.165) is 11.5 Å². The number of aryl methyl sites for hydroxylation is 1. The summed E-state index contributed by atoms with van der Waals surface area (Å²) in [6.07, 6.45) is 3.37. The summed E-state index contributed by atoms with van der Waals surface area (Å²) < 4.78 is 1.63. The average molecular weight is 165 g/mol.